The zero-order chi connectivity index (χ0) is 14.9. The molecule has 1 aromatic heterocycles. The van der Waals surface area contributed by atoms with Crippen LogP contribution in [0.4, 0.5) is 5.95 Å². The highest BCUT2D eigenvalue weighted by Gasteiger charge is 2.31. The number of benzene rings is 1. The van der Waals surface area contributed by atoms with Gasteiger partial charge in [0.1, 0.15) is 0 Å². The average Bonchev–Trinajstić information content (AvgIpc) is 2.99. The number of imidazole rings is 1. The van der Waals surface area contributed by atoms with E-state index in [9.17, 15) is 8.42 Å². The summed E-state index contributed by atoms with van der Waals surface area (Å²) in [5, 5.41) is 2.91. The van der Waals surface area contributed by atoms with Crippen molar-refractivity contribution in [2.75, 3.05) is 17.6 Å². The highest BCUT2D eigenvalue weighted by Crippen LogP contribution is 2.21. The molecule has 6 heteroatoms. The molecule has 1 unspecified atom stereocenters. The van der Waals surface area contributed by atoms with Gasteiger partial charge in [-0.15, -0.1) is 0 Å². The third-order valence-corrected chi connectivity index (χ3v) is 6.09. The van der Waals surface area contributed by atoms with Crippen LogP contribution in [0.3, 0.4) is 0 Å². The fourth-order valence-corrected chi connectivity index (χ4v) is 4.47. The lowest BCUT2D eigenvalue weighted by Crippen LogP contribution is -2.26. The predicted octanol–water partition coefficient (Wildman–Crippen LogP) is 2.17. The van der Waals surface area contributed by atoms with Crippen molar-refractivity contribution in [3.8, 4) is 5.69 Å². The molecule has 1 atom stereocenters. The molecular weight excluding hydrogens is 286 g/mol. The second-order valence-corrected chi connectivity index (χ2v) is 7.82. The Labute approximate surface area is 124 Å². The number of hydrogen-bond acceptors (Lipinski definition) is 4. The zero-order valence-electron chi connectivity index (χ0n) is 12.0. The molecule has 1 N–H and O–H groups in total. The van der Waals surface area contributed by atoms with Gasteiger partial charge in [-0.2, -0.15) is 0 Å². The Hall–Kier alpha value is -1.82. The van der Waals surface area contributed by atoms with Gasteiger partial charge in [0.05, 0.1) is 16.7 Å². The summed E-state index contributed by atoms with van der Waals surface area (Å²) >= 11 is 0. The molecule has 21 heavy (non-hydrogen) atoms. The van der Waals surface area contributed by atoms with Crippen LogP contribution in [0.5, 0.6) is 0 Å². The van der Waals surface area contributed by atoms with E-state index >= 15 is 0 Å². The maximum absolute atomic E-state index is 11.9. The first kappa shape index (κ1) is 14.1. The smallest absolute Gasteiger partial charge is 0.207 e. The van der Waals surface area contributed by atoms with Gasteiger partial charge < -0.3 is 5.32 Å². The van der Waals surface area contributed by atoms with Crippen LogP contribution in [0.1, 0.15) is 18.5 Å². The summed E-state index contributed by atoms with van der Waals surface area (Å²) < 4.78 is 25.7. The minimum Gasteiger partial charge on any atom is -0.354 e. The normalized spacial score (nSPS) is 20.5. The molecule has 1 saturated heterocycles. The lowest BCUT2D eigenvalue weighted by Gasteiger charge is -2.13. The molecule has 0 saturated carbocycles. The van der Waals surface area contributed by atoms with Crippen molar-refractivity contribution in [2.24, 2.45) is 0 Å². The van der Waals surface area contributed by atoms with Crippen molar-refractivity contribution < 1.29 is 8.42 Å². The van der Waals surface area contributed by atoms with Gasteiger partial charge in [-0.3, -0.25) is 4.57 Å². The monoisotopic (exact) mass is 305 g/mol. The fraction of sp³-hybridized carbons (Fsp3) is 0.400. The van der Waals surface area contributed by atoms with Crippen LogP contribution >= 0.6 is 0 Å². The highest BCUT2D eigenvalue weighted by molar-refractivity contribution is 7.92. The Bertz CT molecular complexity index is 723. The number of aryl methyl sites for hydroxylation is 1. The first-order valence-corrected chi connectivity index (χ1v) is 8.85. The molecule has 0 aliphatic carbocycles. The van der Waals surface area contributed by atoms with Gasteiger partial charge in [-0.25, -0.2) is 13.4 Å². The van der Waals surface area contributed by atoms with E-state index in [1.807, 2.05) is 48.0 Å². The molecule has 0 radical (unpaired) electrons. The number of rotatable bonds is 4. The minimum absolute atomic E-state index is 0.293. The standard InChI is InChI=1S/C15H19N3O2S/c1-12-11-18(13-6-3-2-4-7-13)15(17-12)16-10-14-8-5-9-21(14,19)20/h2-4,6-7,11,14H,5,8-10H2,1H3,(H,16,17). The molecule has 2 aromatic rings. The van der Waals surface area contributed by atoms with Crippen LogP contribution in [0, 0.1) is 6.92 Å². The molecule has 1 aliphatic heterocycles. The van der Waals surface area contributed by atoms with E-state index < -0.39 is 9.84 Å². The van der Waals surface area contributed by atoms with Crippen molar-refractivity contribution in [3.63, 3.8) is 0 Å². The summed E-state index contributed by atoms with van der Waals surface area (Å²) in [6.45, 7) is 2.35. The topological polar surface area (TPSA) is 64.0 Å². The number of aromatic nitrogens is 2. The molecule has 1 aliphatic rings. The second-order valence-electron chi connectivity index (χ2n) is 5.42. The van der Waals surface area contributed by atoms with E-state index in [1.54, 1.807) is 0 Å². The quantitative estimate of drug-likeness (QED) is 0.940. The molecule has 0 amide bonds. The zero-order valence-corrected chi connectivity index (χ0v) is 12.8. The lowest BCUT2D eigenvalue weighted by molar-refractivity contribution is 0.591. The lowest BCUT2D eigenvalue weighted by atomic mass is 10.2. The highest BCUT2D eigenvalue weighted by atomic mass is 32.2. The molecule has 0 spiro atoms. The largest absolute Gasteiger partial charge is 0.354 e. The fourth-order valence-electron chi connectivity index (χ4n) is 2.70. The number of nitrogens with zero attached hydrogens (tertiary/aromatic N) is 2. The third-order valence-electron chi connectivity index (χ3n) is 3.81. The molecule has 5 nitrogen and oxygen atoms in total. The number of hydrogen-bond donors (Lipinski definition) is 1. The Morgan fingerprint density at radius 3 is 2.76 bits per heavy atom. The van der Waals surface area contributed by atoms with Crippen molar-refractivity contribution in [3.05, 3.63) is 42.2 Å². The SMILES string of the molecule is Cc1cn(-c2ccccc2)c(NCC2CCCS2(=O)=O)n1. The number of para-hydroxylation sites is 1. The summed E-state index contributed by atoms with van der Waals surface area (Å²) in [6, 6.07) is 9.90. The first-order chi connectivity index (χ1) is 10.1. The molecule has 2 heterocycles. The molecule has 1 fully saturated rings. The van der Waals surface area contributed by atoms with E-state index in [2.05, 4.69) is 10.3 Å². The van der Waals surface area contributed by atoms with Crippen molar-refractivity contribution in [1.82, 2.24) is 9.55 Å². The number of nitrogens with one attached hydrogen (secondary N) is 1. The minimum atomic E-state index is -2.93. The maximum Gasteiger partial charge on any atom is 0.207 e. The summed E-state index contributed by atoms with van der Waals surface area (Å²) in [4.78, 5) is 4.45. The molecule has 112 valence electrons. The van der Waals surface area contributed by atoms with Gasteiger partial charge in [0.15, 0.2) is 9.84 Å². The van der Waals surface area contributed by atoms with Gasteiger partial charge in [-0.1, -0.05) is 18.2 Å². The van der Waals surface area contributed by atoms with Crippen LogP contribution in [0.25, 0.3) is 5.69 Å². The van der Waals surface area contributed by atoms with Crippen molar-refractivity contribution in [1.29, 1.82) is 0 Å². The Kier molecular flexibility index (Phi) is 3.71. The first-order valence-electron chi connectivity index (χ1n) is 7.13. The van der Waals surface area contributed by atoms with E-state index in [0.717, 1.165) is 24.2 Å². The summed E-state index contributed by atoms with van der Waals surface area (Å²) in [5.41, 5.74) is 1.91. The molecule has 1 aromatic carbocycles. The molecular formula is C15H19N3O2S. The maximum atomic E-state index is 11.9. The average molecular weight is 305 g/mol. The summed E-state index contributed by atoms with van der Waals surface area (Å²) in [5.74, 6) is 1.01. The van der Waals surface area contributed by atoms with Crippen LogP contribution in [-0.2, 0) is 9.84 Å². The van der Waals surface area contributed by atoms with E-state index in [4.69, 9.17) is 0 Å². The second kappa shape index (κ2) is 5.52. The molecule has 0 bridgehead atoms. The van der Waals surface area contributed by atoms with Gasteiger partial charge in [0.2, 0.25) is 5.95 Å². The van der Waals surface area contributed by atoms with Gasteiger partial charge in [0.25, 0.3) is 0 Å². The van der Waals surface area contributed by atoms with Crippen LogP contribution in [-0.4, -0.2) is 35.5 Å². The third kappa shape index (κ3) is 2.95. The molecule has 3 rings (SSSR count). The van der Waals surface area contributed by atoms with E-state index in [1.165, 1.54) is 0 Å². The van der Waals surface area contributed by atoms with Gasteiger partial charge >= 0.3 is 0 Å². The summed E-state index contributed by atoms with van der Waals surface area (Å²) in [7, 11) is -2.93. The Balaban J connectivity index is 1.80. The summed E-state index contributed by atoms with van der Waals surface area (Å²) in [6.07, 6.45) is 3.45. The number of sulfone groups is 1. The van der Waals surface area contributed by atoms with Crippen LogP contribution in [0.15, 0.2) is 36.5 Å². The van der Waals surface area contributed by atoms with Crippen molar-refractivity contribution >= 4 is 15.8 Å². The van der Waals surface area contributed by atoms with Crippen LogP contribution in [0.2, 0.25) is 0 Å². The van der Waals surface area contributed by atoms with E-state index in [-0.39, 0.29) is 5.25 Å². The van der Waals surface area contributed by atoms with Crippen LogP contribution < -0.4 is 5.32 Å². The Morgan fingerprint density at radius 1 is 1.33 bits per heavy atom. The van der Waals surface area contributed by atoms with Crippen molar-refractivity contribution in [2.45, 2.75) is 25.0 Å². The Morgan fingerprint density at radius 2 is 2.10 bits per heavy atom. The predicted molar refractivity (Wildman–Crippen MR) is 83.6 cm³/mol. The van der Waals surface area contributed by atoms with Gasteiger partial charge in [-0.05, 0) is 31.9 Å². The number of anilines is 1. The van der Waals surface area contributed by atoms with Gasteiger partial charge in [0, 0.05) is 18.4 Å². The van der Waals surface area contributed by atoms with E-state index in [0.29, 0.717) is 18.2 Å².